The second kappa shape index (κ2) is 3.12. The van der Waals surface area contributed by atoms with Crippen LogP contribution in [0.15, 0.2) is 11.4 Å². The van der Waals surface area contributed by atoms with E-state index in [4.69, 9.17) is 5.73 Å². The van der Waals surface area contributed by atoms with Gasteiger partial charge in [0.15, 0.2) is 0 Å². The van der Waals surface area contributed by atoms with E-state index in [1.165, 1.54) is 4.90 Å². The summed E-state index contributed by atoms with van der Waals surface area (Å²) < 4.78 is 0. The Morgan fingerprint density at radius 3 is 2.11 bits per heavy atom. The van der Waals surface area contributed by atoms with Crippen molar-refractivity contribution in [2.75, 3.05) is 7.05 Å². The van der Waals surface area contributed by atoms with Crippen LogP contribution in [0.5, 0.6) is 0 Å². The summed E-state index contributed by atoms with van der Waals surface area (Å²) in [5.74, 6) is 0.519. The molecule has 0 aliphatic carbocycles. The lowest BCUT2D eigenvalue weighted by atomic mass is 10.3. The van der Waals surface area contributed by atoms with Gasteiger partial charge in [-0.15, -0.1) is 0 Å². The minimum Gasteiger partial charge on any atom is -0.385 e. The second-order valence-electron chi connectivity index (χ2n) is 2.10. The zero-order valence-electron chi connectivity index (χ0n) is 6.01. The van der Waals surface area contributed by atoms with Gasteiger partial charge in [-0.1, -0.05) is 0 Å². The van der Waals surface area contributed by atoms with Crippen molar-refractivity contribution in [3.63, 3.8) is 0 Å². The van der Waals surface area contributed by atoms with E-state index in [9.17, 15) is 4.79 Å². The fourth-order valence-electron chi connectivity index (χ4n) is 0.409. The van der Waals surface area contributed by atoms with Crippen LogP contribution in [0.3, 0.4) is 0 Å². The third-order valence-corrected chi connectivity index (χ3v) is 1.05. The fourth-order valence-corrected chi connectivity index (χ4v) is 0.409. The van der Waals surface area contributed by atoms with Gasteiger partial charge >= 0.3 is 0 Å². The van der Waals surface area contributed by atoms with Crippen molar-refractivity contribution in [2.45, 2.75) is 13.8 Å². The third-order valence-electron chi connectivity index (χ3n) is 1.05. The Kier molecular flexibility index (Phi) is 2.78. The smallest absolute Gasteiger partial charge is 0.214 e. The summed E-state index contributed by atoms with van der Waals surface area (Å²) in [6, 6.07) is 0. The molecule has 0 aromatic carbocycles. The molecule has 3 nitrogen and oxygen atoms in total. The van der Waals surface area contributed by atoms with Crippen LogP contribution in [0.1, 0.15) is 13.8 Å². The lowest BCUT2D eigenvalue weighted by Crippen LogP contribution is -2.22. The van der Waals surface area contributed by atoms with Crippen LogP contribution in [0.25, 0.3) is 0 Å². The van der Waals surface area contributed by atoms with E-state index in [2.05, 4.69) is 0 Å². The summed E-state index contributed by atoms with van der Waals surface area (Å²) >= 11 is 0. The molecule has 1 amide bonds. The molecule has 0 bridgehead atoms. The van der Waals surface area contributed by atoms with E-state index in [0.717, 1.165) is 5.57 Å². The van der Waals surface area contributed by atoms with E-state index >= 15 is 0 Å². The molecular formula is C6H12N2O. The molecule has 0 aromatic heterocycles. The number of hydrogen-bond donors (Lipinski definition) is 1. The molecule has 0 atom stereocenters. The zero-order chi connectivity index (χ0) is 7.44. The fraction of sp³-hybridized carbons (Fsp3) is 0.500. The Balaban J connectivity index is 4.19. The lowest BCUT2D eigenvalue weighted by molar-refractivity contribution is -0.115. The summed E-state index contributed by atoms with van der Waals surface area (Å²) in [6.45, 7) is 3.71. The molecule has 0 unspecified atom stereocenters. The van der Waals surface area contributed by atoms with Gasteiger partial charge in [0.2, 0.25) is 6.41 Å². The Morgan fingerprint density at radius 2 is 2.00 bits per heavy atom. The van der Waals surface area contributed by atoms with Crippen LogP contribution in [-0.2, 0) is 4.79 Å². The summed E-state index contributed by atoms with van der Waals surface area (Å²) in [4.78, 5) is 11.4. The highest BCUT2D eigenvalue weighted by molar-refractivity contribution is 5.50. The van der Waals surface area contributed by atoms with Gasteiger partial charge in [0, 0.05) is 7.05 Å². The average molecular weight is 128 g/mol. The van der Waals surface area contributed by atoms with Crippen LogP contribution in [0, 0.1) is 0 Å². The van der Waals surface area contributed by atoms with Crippen LogP contribution < -0.4 is 5.73 Å². The Morgan fingerprint density at radius 1 is 1.56 bits per heavy atom. The number of allylic oxidation sites excluding steroid dienone is 1. The molecule has 3 heteroatoms. The van der Waals surface area contributed by atoms with E-state index in [-0.39, 0.29) is 0 Å². The standard InChI is InChI=1S/C6H12N2O/c1-5(2)6(7)8(3)4-9/h4H,7H2,1-3H3. The van der Waals surface area contributed by atoms with Gasteiger partial charge in [0.1, 0.15) is 5.82 Å². The molecule has 0 rings (SSSR count). The van der Waals surface area contributed by atoms with Gasteiger partial charge < -0.3 is 10.6 Å². The zero-order valence-corrected chi connectivity index (χ0v) is 6.01. The maximum atomic E-state index is 10.1. The predicted molar refractivity (Wildman–Crippen MR) is 36.4 cm³/mol. The van der Waals surface area contributed by atoms with Gasteiger partial charge in [-0.2, -0.15) is 0 Å². The summed E-state index contributed by atoms with van der Waals surface area (Å²) in [6.07, 6.45) is 0.683. The number of hydrogen-bond acceptors (Lipinski definition) is 2. The minimum atomic E-state index is 0.519. The second-order valence-corrected chi connectivity index (χ2v) is 2.10. The van der Waals surface area contributed by atoms with E-state index < -0.39 is 0 Å². The first-order valence-corrected chi connectivity index (χ1v) is 2.70. The van der Waals surface area contributed by atoms with Crippen molar-refractivity contribution < 1.29 is 4.79 Å². The predicted octanol–water partition coefficient (Wildman–Crippen LogP) is 0.285. The molecule has 0 saturated carbocycles. The monoisotopic (exact) mass is 128 g/mol. The largest absolute Gasteiger partial charge is 0.385 e. The van der Waals surface area contributed by atoms with E-state index in [1.54, 1.807) is 7.05 Å². The Labute approximate surface area is 55.1 Å². The summed E-state index contributed by atoms with van der Waals surface area (Å²) in [7, 11) is 1.62. The average Bonchev–Trinajstić information content (AvgIpc) is 1.84. The highest BCUT2D eigenvalue weighted by atomic mass is 16.1. The molecule has 0 aliphatic rings. The lowest BCUT2D eigenvalue weighted by Gasteiger charge is -2.11. The van der Waals surface area contributed by atoms with Crippen molar-refractivity contribution in [1.82, 2.24) is 4.90 Å². The Bertz CT molecular complexity index is 136. The maximum absolute atomic E-state index is 10.1. The number of amides is 1. The van der Waals surface area contributed by atoms with E-state index in [1.807, 2.05) is 13.8 Å². The highest BCUT2D eigenvalue weighted by Gasteiger charge is 1.96. The van der Waals surface area contributed by atoms with Crippen LogP contribution in [0.2, 0.25) is 0 Å². The van der Waals surface area contributed by atoms with Crippen LogP contribution in [0.4, 0.5) is 0 Å². The highest BCUT2D eigenvalue weighted by Crippen LogP contribution is 1.96. The van der Waals surface area contributed by atoms with E-state index in [0.29, 0.717) is 12.2 Å². The van der Waals surface area contributed by atoms with Crippen molar-refractivity contribution >= 4 is 6.41 Å². The van der Waals surface area contributed by atoms with Crippen molar-refractivity contribution in [2.24, 2.45) is 5.73 Å². The maximum Gasteiger partial charge on any atom is 0.214 e. The van der Waals surface area contributed by atoms with Gasteiger partial charge in [-0.3, -0.25) is 4.79 Å². The quantitative estimate of drug-likeness (QED) is 0.543. The number of rotatable bonds is 2. The SMILES string of the molecule is CC(C)=C(N)N(C)C=O. The number of carbonyl (C=O) groups is 1. The van der Waals surface area contributed by atoms with Gasteiger partial charge in [-0.25, -0.2) is 0 Å². The topological polar surface area (TPSA) is 46.3 Å². The molecule has 0 heterocycles. The van der Waals surface area contributed by atoms with Crippen LogP contribution >= 0.6 is 0 Å². The van der Waals surface area contributed by atoms with Gasteiger partial charge in [-0.05, 0) is 19.4 Å². The molecule has 9 heavy (non-hydrogen) atoms. The van der Waals surface area contributed by atoms with Crippen molar-refractivity contribution in [3.8, 4) is 0 Å². The Hall–Kier alpha value is -0.990. The van der Waals surface area contributed by atoms with Crippen LogP contribution in [-0.4, -0.2) is 18.4 Å². The molecule has 0 spiro atoms. The first-order chi connectivity index (χ1) is 4.09. The first kappa shape index (κ1) is 8.01. The van der Waals surface area contributed by atoms with Gasteiger partial charge in [0.25, 0.3) is 0 Å². The molecule has 0 radical (unpaired) electrons. The number of nitrogens with two attached hydrogens (primary N) is 1. The normalized spacial score (nSPS) is 8.33. The molecule has 0 fully saturated rings. The molecular weight excluding hydrogens is 116 g/mol. The number of nitrogens with zero attached hydrogens (tertiary/aromatic N) is 1. The van der Waals surface area contributed by atoms with Gasteiger partial charge in [0.05, 0.1) is 0 Å². The molecule has 2 N–H and O–H groups in total. The molecule has 0 aliphatic heterocycles. The minimum absolute atomic E-state index is 0.519. The first-order valence-electron chi connectivity index (χ1n) is 2.70. The molecule has 0 aromatic rings. The number of carbonyl (C=O) groups excluding carboxylic acids is 1. The summed E-state index contributed by atoms with van der Waals surface area (Å²) in [5, 5.41) is 0. The van der Waals surface area contributed by atoms with Crippen molar-refractivity contribution in [3.05, 3.63) is 11.4 Å². The van der Waals surface area contributed by atoms with Crippen molar-refractivity contribution in [1.29, 1.82) is 0 Å². The third kappa shape index (κ3) is 2.17. The molecule has 52 valence electrons. The molecule has 0 saturated heterocycles. The summed E-state index contributed by atoms with van der Waals surface area (Å²) in [5.41, 5.74) is 6.39.